The van der Waals surface area contributed by atoms with Crippen molar-refractivity contribution in [1.29, 1.82) is 0 Å². The molecule has 2 rings (SSSR count). The molecule has 0 saturated heterocycles. The maximum Gasteiger partial charge on any atom is 0.162 e. The van der Waals surface area contributed by atoms with Crippen LogP contribution in [0.5, 0.6) is 0 Å². The van der Waals surface area contributed by atoms with Gasteiger partial charge in [-0.15, -0.1) is 0 Å². The molecule has 0 radical (unpaired) electrons. The van der Waals surface area contributed by atoms with Gasteiger partial charge in [0.2, 0.25) is 0 Å². The molecule has 24 heavy (non-hydrogen) atoms. The summed E-state index contributed by atoms with van der Waals surface area (Å²) in [5, 5.41) is 0. The number of benzene rings is 2. The van der Waals surface area contributed by atoms with Gasteiger partial charge in [-0.1, -0.05) is 12.8 Å². The summed E-state index contributed by atoms with van der Waals surface area (Å²) in [6.45, 7) is 0. The number of halogens is 2. The third-order valence-electron chi connectivity index (χ3n) is 3.89. The summed E-state index contributed by atoms with van der Waals surface area (Å²) in [7, 11) is 0. The van der Waals surface area contributed by atoms with E-state index >= 15 is 0 Å². The average Bonchev–Trinajstić information content (AvgIpc) is 2.58. The van der Waals surface area contributed by atoms with E-state index in [2.05, 4.69) is 0 Å². The van der Waals surface area contributed by atoms with Crippen LogP contribution >= 0.6 is 0 Å². The Kier molecular flexibility index (Phi) is 6.79. The van der Waals surface area contributed by atoms with Crippen LogP contribution in [0.2, 0.25) is 0 Å². The van der Waals surface area contributed by atoms with Crippen molar-refractivity contribution < 1.29 is 18.4 Å². The van der Waals surface area contributed by atoms with E-state index in [1.54, 1.807) is 0 Å². The third kappa shape index (κ3) is 5.69. The minimum atomic E-state index is -0.350. The maximum absolute atomic E-state index is 12.8. The fraction of sp³-hybridized carbons (Fsp3) is 0.300. The number of ketones is 2. The molecule has 0 saturated carbocycles. The lowest BCUT2D eigenvalue weighted by Crippen LogP contribution is -2.00. The number of carbonyl (C=O) groups is 2. The van der Waals surface area contributed by atoms with Crippen LogP contribution in [0.1, 0.15) is 59.2 Å². The van der Waals surface area contributed by atoms with Gasteiger partial charge in [0.15, 0.2) is 11.6 Å². The lowest BCUT2D eigenvalue weighted by atomic mass is 10.0. The highest BCUT2D eigenvalue weighted by molar-refractivity contribution is 5.96. The van der Waals surface area contributed by atoms with Crippen molar-refractivity contribution >= 4 is 11.6 Å². The van der Waals surface area contributed by atoms with Gasteiger partial charge >= 0.3 is 0 Å². The third-order valence-corrected chi connectivity index (χ3v) is 3.89. The zero-order valence-corrected chi connectivity index (χ0v) is 13.4. The van der Waals surface area contributed by atoms with Gasteiger partial charge < -0.3 is 0 Å². The standard InChI is InChI=1S/C20H20F2O2/c21-17-11-7-15(8-12-17)19(23)5-3-1-2-4-6-20(24)16-9-13-18(22)14-10-16/h7-14H,1-6H2. The minimum Gasteiger partial charge on any atom is -0.294 e. The quantitative estimate of drug-likeness (QED) is 0.457. The zero-order valence-electron chi connectivity index (χ0n) is 13.4. The van der Waals surface area contributed by atoms with Gasteiger partial charge in [0, 0.05) is 24.0 Å². The molecule has 0 N–H and O–H groups in total. The average molecular weight is 330 g/mol. The summed E-state index contributed by atoms with van der Waals surface area (Å²) in [4.78, 5) is 23.8. The highest BCUT2D eigenvalue weighted by atomic mass is 19.1. The Morgan fingerprint density at radius 1 is 0.583 bits per heavy atom. The van der Waals surface area contributed by atoms with Gasteiger partial charge in [-0.3, -0.25) is 9.59 Å². The zero-order chi connectivity index (χ0) is 17.4. The van der Waals surface area contributed by atoms with Crippen LogP contribution in [0.3, 0.4) is 0 Å². The largest absolute Gasteiger partial charge is 0.294 e. The molecule has 0 unspecified atom stereocenters. The molecule has 0 aliphatic rings. The van der Waals surface area contributed by atoms with Gasteiger partial charge in [-0.05, 0) is 61.4 Å². The second-order valence-electron chi connectivity index (χ2n) is 5.77. The Labute approximate surface area is 140 Å². The van der Waals surface area contributed by atoms with E-state index in [0.29, 0.717) is 24.0 Å². The van der Waals surface area contributed by atoms with Crippen LogP contribution in [0, 0.1) is 11.6 Å². The van der Waals surface area contributed by atoms with Crippen molar-refractivity contribution in [3.8, 4) is 0 Å². The second kappa shape index (κ2) is 9.06. The summed E-state index contributed by atoms with van der Waals surface area (Å²) in [5.41, 5.74) is 1.06. The topological polar surface area (TPSA) is 34.1 Å². The molecule has 0 fully saturated rings. The van der Waals surface area contributed by atoms with Crippen LogP contribution in [-0.4, -0.2) is 11.6 Å². The number of carbonyl (C=O) groups excluding carboxylic acids is 2. The molecule has 0 amide bonds. The van der Waals surface area contributed by atoms with Crippen molar-refractivity contribution in [3.05, 3.63) is 71.3 Å². The molecule has 126 valence electrons. The molecule has 2 aromatic rings. The van der Waals surface area contributed by atoms with Gasteiger partial charge in [0.1, 0.15) is 11.6 Å². The summed E-state index contributed by atoms with van der Waals surface area (Å²) in [6.07, 6.45) is 4.09. The molecule has 0 aliphatic carbocycles. The van der Waals surface area contributed by atoms with Crippen molar-refractivity contribution in [3.63, 3.8) is 0 Å². The first-order valence-electron chi connectivity index (χ1n) is 8.14. The number of hydrogen-bond acceptors (Lipinski definition) is 2. The van der Waals surface area contributed by atoms with E-state index < -0.39 is 0 Å². The lowest BCUT2D eigenvalue weighted by Gasteiger charge is -2.03. The van der Waals surface area contributed by atoms with E-state index in [4.69, 9.17) is 0 Å². The van der Waals surface area contributed by atoms with Gasteiger partial charge in [0.25, 0.3) is 0 Å². The number of Topliss-reactive ketones (excluding diaryl/α,β-unsaturated/α-hetero) is 2. The summed E-state index contributed by atoms with van der Waals surface area (Å²) >= 11 is 0. The monoisotopic (exact) mass is 330 g/mol. The molecule has 0 heterocycles. The van der Waals surface area contributed by atoms with Crippen molar-refractivity contribution in [2.24, 2.45) is 0 Å². The highest BCUT2D eigenvalue weighted by Crippen LogP contribution is 2.13. The first-order chi connectivity index (χ1) is 11.6. The predicted molar refractivity (Wildman–Crippen MR) is 89.2 cm³/mol. The van der Waals surface area contributed by atoms with Crippen LogP contribution in [0.15, 0.2) is 48.5 Å². The summed E-state index contributed by atoms with van der Waals surface area (Å²) < 4.78 is 25.6. The van der Waals surface area contributed by atoms with Crippen molar-refractivity contribution in [2.75, 3.05) is 0 Å². The fourth-order valence-corrected chi connectivity index (χ4v) is 2.48. The normalized spacial score (nSPS) is 10.6. The lowest BCUT2D eigenvalue weighted by molar-refractivity contribution is 0.0966. The molecule has 0 spiro atoms. The molecular weight excluding hydrogens is 310 g/mol. The Balaban J connectivity index is 1.61. The second-order valence-corrected chi connectivity index (χ2v) is 5.77. The van der Waals surface area contributed by atoms with E-state index in [9.17, 15) is 18.4 Å². The van der Waals surface area contributed by atoms with E-state index in [-0.39, 0.29) is 23.2 Å². The number of unbranched alkanes of at least 4 members (excludes halogenated alkanes) is 3. The Morgan fingerprint density at radius 3 is 1.25 bits per heavy atom. The highest BCUT2D eigenvalue weighted by Gasteiger charge is 2.07. The molecule has 2 aromatic carbocycles. The molecule has 0 bridgehead atoms. The predicted octanol–water partition coefficient (Wildman–Crippen LogP) is 5.37. The first-order valence-corrected chi connectivity index (χ1v) is 8.14. The fourth-order valence-electron chi connectivity index (χ4n) is 2.48. The Morgan fingerprint density at radius 2 is 0.917 bits per heavy atom. The SMILES string of the molecule is O=C(CCCCCCC(=O)c1ccc(F)cc1)c1ccc(F)cc1. The number of hydrogen-bond donors (Lipinski definition) is 0. The molecule has 0 aliphatic heterocycles. The molecular formula is C20H20F2O2. The Bertz CT molecular complexity index is 614. The minimum absolute atomic E-state index is 0.0115. The molecule has 0 aromatic heterocycles. The van der Waals surface area contributed by atoms with Crippen molar-refractivity contribution in [1.82, 2.24) is 0 Å². The van der Waals surface area contributed by atoms with Gasteiger partial charge in [-0.25, -0.2) is 8.78 Å². The Hall–Kier alpha value is -2.36. The van der Waals surface area contributed by atoms with Crippen molar-refractivity contribution in [2.45, 2.75) is 38.5 Å². The first kappa shape index (κ1) is 18.0. The number of rotatable bonds is 9. The summed E-state index contributed by atoms with van der Waals surface area (Å²) in [5.74, 6) is -0.676. The summed E-state index contributed by atoms with van der Waals surface area (Å²) in [6, 6.07) is 11.1. The smallest absolute Gasteiger partial charge is 0.162 e. The van der Waals surface area contributed by atoms with Crippen LogP contribution in [-0.2, 0) is 0 Å². The molecule has 2 nitrogen and oxygen atoms in total. The van der Waals surface area contributed by atoms with Crippen LogP contribution in [0.4, 0.5) is 8.78 Å². The van der Waals surface area contributed by atoms with Gasteiger partial charge in [-0.2, -0.15) is 0 Å². The van der Waals surface area contributed by atoms with E-state index in [0.717, 1.165) is 25.7 Å². The molecule has 4 heteroatoms. The van der Waals surface area contributed by atoms with E-state index in [1.807, 2.05) is 0 Å². The van der Waals surface area contributed by atoms with Gasteiger partial charge in [0.05, 0.1) is 0 Å². The maximum atomic E-state index is 12.8. The molecule has 0 atom stereocenters. The van der Waals surface area contributed by atoms with Crippen LogP contribution in [0.25, 0.3) is 0 Å². The van der Waals surface area contributed by atoms with Crippen LogP contribution < -0.4 is 0 Å². The van der Waals surface area contributed by atoms with E-state index in [1.165, 1.54) is 48.5 Å².